The van der Waals surface area contributed by atoms with Gasteiger partial charge in [0.2, 0.25) is 15.9 Å². The number of benzene rings is 2. The van der Waals surface area contributed by atoms with Crippen LogP contribution in [-0.4, -0.2) is 65.5 Å². The Balaban J connectivity index is 1.34. The Kier molecular flexibility index (Phi) is 6.89. The highest BCUT2D eigenvalue weighted by molar-refractivity contribution is 7.99. The third kappa shape index (κ3) is 5.01. The molecule has 0 radical (unpaired) electrons. The summed E-state index contributed by atoms with van der Waals surface area (Å²) in [6, 6.07) is 15.9. The van der Waals surface area contributed by atoms with E-state index in [2.05, 4.69) is 15.5 Å². The highest BCUT2D eigenvalue weighted by atomic mass is 32.2. The molecule has 9 nitrogen and oxygen atoms in total. The molecule has 32 heavy (non-hydrogen) atoms. The second kappa shape index (κ2) is 9.82. The van der Waals surface area contributed by atoms with E-state index in [1.54, 1.807) is 12.1 Å². The van der Waals surface area contributed by atoms with Gasteiger partial charge in [0.25, 0.3) is 0 Å². The molecular weight excluding hydrogens is 450 g/mol. The van der Waals surface area contributed by atoms with Crippen LogP contribution in [0.5, 0.6) is 0 Å². The molecule has 0 atom stereocenters. The molecule has 0 spiro atoms. The lowest BCUT2D eigenvalue weighted by Crippen LogP contribution is -2.40. The van der Waals surface area contributed by atoms with Crippen LogP contribution in [0.4, 0.5) is 5.69 Å². The minimum Gasteiger partial charge on any atom is -0.379 e. The van der Waals surface area contributed by atoms with E-state index in [9.17, 15) is 13.2 Å². The third-order valence-corrected chi connectivity index (χ3v) is 7.88. The number of nitrogens with one attached hydrogen (secondary N) is 1. The van der Waals surface area contributed by atoms with E-state index in [1.165, 1.54) is 28.2 Å². The summed E-state index contributed by atoms with van der Waals surface area (Å²) in [7, 11) is -1.70. The fraction of sp³-hybridized carbons (Fsp3) is 0.286. The van der Waals surface area contributed by atoms with Crippen LogP contribution in [0.25, 0.3) is 11.4 Å². The van der Waals surface area contributed by atoms with Crippen LogP contribution in [0, 0.1) is 0 Å². The van der Waals surface area contributed by atoms with Crippen molar-refractivity contribution in [2.24, 2.45) is 7.05 Å². The zero-order chi connectivity index (χ0) is 22.6. The number of sulfonamides is 1. The number of rotatable bonds is 7. The molecule has 1 saturated heterocycles. The Morgan fingerprint density at radius 3 is 2.44 bits per heavy atom. The van der Waals surface area contributed by atoms with Crippen molar-refractivity contribution in [1.29, 1.82) is 0 Å². The van der Waals surface area contributed by atoms with E-state index in [-0.39, 0.29) is 16.6 Å². The van der Waals surface area contributed by atoms with E-state index in [0.717, 1.165) is 11.4 Å². The van der Waals surface area contributed by atoms with Gasteiger partial charge in [-0.15, -0.1) is 10.2 Å². The number of amides is 1. The first-order valence-corrected chi connectivity index (χ1v) is 12.4. The van der Waals surface area contributed by atoms with Crippen LogP contribution in [0.3, 0.4) is 0 Å². The Morgan fingerprint density at radius 1 is 1.06 bits per heavy atom. The summed E-state index contributed by atoms with van der Waals surface area (Å²) in [5, 5.41) is 11.8. The second-order valence-electron chi connectivity index (χ2n) is 7.11. The van der Waals surface area contributed by atoms with Crippen molar-refractivity contribution in [1.82, 2.24) is 19.1 Å². The predicted octanol–water partition coefficient (Wildman–Crippen LogP) is 2.23. The first-order chi connectivity index (χ1) is 15.4. The Morgan fingerprint density at radius 2 is 1.75 bits per heavy atom. The summed E-state index contributed by atoms with van der Waals surface area (Å²) < 4.78 is 33.8. The summed E-state index contributed by atoms with van der Waals surface area (Å²) >= 11 is 1.28. The number of morpholine rings is 1. The molecule has 1 aliphatic heterocycles. The van der Waals surface area contributed by atoms with E-state index in [4.69, 9.17) is 4.74 Å². The highest BCUT2D eigenvalue weighted by Crippen LogP contribution is 2.23. The molecule has 0 unspecified atom stereocenters. The summed E-state index contributed by atoms with van der Waals surface area (Å²) in [4.78, 5) is 12.6. The Bertz CT molecular complexity index is 1170. The molecule has 0 aliphatic carbocycles. The van der Waals surface area contributed by atoms with Crippen molar-refractivity contribution in [3.8, 4) is 11.4 Å². The van der Waals surface area contributed by atoms with Crippen LogP contribution >= 0.6 is 11.8 Å². The fourth-order valence-corrected chi connectivity index (χ4v) is 5.37. The first-order valence-electron chi connectivity index (χ1n) is 10.0. The van der Waals surface area contributed by atoms with Crippen molar-refractivity contribution >= 4 is 33.4 Å². The quantitative estimate of drug-likeness (QED) is 0.525. The molecule has 1 amide bonds. The van der Waals surface area contributed by atoms with Gasteiger partial charge in [0.15, 0.2) is 11.0 Å². The minimum absolute atomic E-state index is 0.147. The minimum atomic E-state index is -3.56. The van der Waals surface area contributed by atoms with Gasteiger partial charge in [-0.2, -0.15) is 4.31 Å². The maximum Gasteiger partial charge on any atom is 0.243 e. The largest absolute Gasteiger partial charge is 0.379 e. The lowest BCUT2D eigenvalue weighted by molar-refractivity contribution is -0.113. The molecule has 168 valence electrons. The molecule has 0 bridgehead atoms. The number of carbonyl (C=O) groups excluding carboxylic acids is 1. The number of carbonyl (C=O) groups is 1. The van der Waals surface area contributed by atoms with Gasteiger partial charge in [0.05, 0.1) is 23.9 Å². The van der Waals surface area contributed by atoms with E-state index >= 15 is 0 Å². The molecule has 11 heteroatoms. The predicted molar refractivity (Wildman–Crippen MR) is 122 cm³/mol. The average molecular weight is 474 g/mol. The second-order valence-corrected chi connectivity index (χ2v) is 9.99. The Hall–Kier alpha value is -2.73. The molecular formula is C21H23N5O4S2. The molecule has 1 aromatic heterocycles. The van der Waals surface area contributed by atoms with E-state index < -0.39 is 10.0 Å². The molecule has 0 saturated carbocycles. The van der Waals surface area contributed by atoms with Crippen LogP contribution in [0.15, 0.2) is 64.6 Å². The third-order valence-electron chi connectivity index (χ3n) is 4.95. The van der Waals surface area contributed by atoms with Crippen molar-refractivity contribution in [2.75, 3.05) is 37.4 Å². The molecule has 3 aromatic rings. The summed E-state index contributed by atoms with van der Waals surface area (Å²) in [6.07, 6.45) is 0. The molecule has 2 aromatic carbocycles. The number of anilines is 1. The van der Waals surface area contributed by atoms with Crippen molar-refractivity contribution < 1.29 is 17.9 Å². The summed E-state index contributed by atoms with van der Waals surface area (Å²) in [6.45, 7) is 1.46. The van der Waals surface area contributed by atoms with Crippen molar-refractivity contribution in [3.05, 3.63) is 54.6 Å². The van der Waals surface area contributed by atoms with Crippen molar-refractivity contribution in [2.45, 2.75) is 10.1 Å². The number of ether oxygens (including phenoxy) is 1. The van der Waals surface area contributed by atoms with Crippen LogP contribution < -0.4 is 5.32 Å². The van der Waals surface area contributed by atoms with Gasteiger partial charge in [-0.1, -0.05) is 42.1 Å². The van der Waals surface area contributed by atoms with Crippen LogP contribution in [0.1, 0.15) is 0 Å². The zero-order valence-corrected chi connectivity index (χ0v) is 19.1. The lowest BCUT2D eigenvalue weighted by atomic mass is 10.2. The average Bonchev–Trinajstić information content (AvgIpc) is 3.19. The molecule has 2 heterocycles. The fourth-order valence-electron chi connectivity index (χ4n) is 3.25. The molecule has 1 fully saturated rings. The van der Waals surface area contributed by atoms with Gasteiger partial charge in [-0.25, -0.2) is 8.42 Å². The highest BCUT2D eigenvalue weighted by Gasteiger charge is 2.26. The number of hydrogen-bond acceptors (Lipinski definition) is 7. The van der Waals surface area contributed by atoms with Gasteiger partial charge >= 0.3 is 0 Å². The molecule has 1 N–H and O–H groups in total. The van der Waals surface area contributed by atoms with Gasteiger partial charge in [0.1, 0.15) is 0 Å². The van der Waals surface area contributed by atoms with Gasteiger partial charge < -0.3 is 14.6 Å². The van der Waals surface area contributed by atoms with Crippen LogP contribution in [0.2, 0.25) is 0 Å². The smallest absolute Gasteiger partial charge is 0.243 e. The Labute approximate surface area is 190 Å². The number of aromatic nitrogens is 3. The standard InChI is InChI=1S/C21H23N5O4S2/c1-25-20(16-5-3-2-4-6-16)23-24-21(25)31-15-19(27)22-17-7-9-18(10-8-17)32(28,29)26-11-13-30-14-12-26/h2-10H,11-15H2,1H3,(H,22,27). The molecule has 1 aliphatic rings. The number of thioether (sulfide) groups is 1. The number of nitrogens with zero attached hydrogens (tertiary/aromatic N) is 4. The van der Waals surface area contributed by atoms with Crippen LogP contribution in [-0.2, 0) is 26.6 Å². The van der Waals surface area contributed by atoms with Gasteiger partial charge in [-0.3, -0.25) is 4.79 Å². The number of hydrogen-bond donors (Lipinski definition) is 1. The topological polar surface area (TPSA) is 106 Å². The van der Waals surface area contributed by atoms with E-state index in [0.29, 0.717) is 37.1 Å². The normalized spacial score (nSPS) is 14.9. The maximum absolute atomic E-state index is 12.7. The van der Waals surface area contributed by atoms with Gasteiger partial charge in [-0.05, 0) is 24.3 Å². The molecule has 4 rings (SSSR count). The maximum atomic E-state index is 12.7. The first kappa shape index (κ1) is 22.5. The lowest BCUT2D eigenvalue weighted by Gasteiger charge is -2.26. The SMILES string of the molecule is Cn1c(SCC(=O)Nc2ccc(S(=O)(=O)N3CCOCC3)cc2)nnc1-c1ccccc1. The van der Waals surface area contributed by atoms with Crippen molar-refractivity contribution in [3.63, 3.8) is 0 Å². The monoisotopic (exact) mass is 473 g/mol. The van der Waals surface area contributed by atoms with Gasteiger partial charge in [0, 0.05) is 31.4 Å². The van der Waals surface area contributed by atoms with E-state index in [1.807, 2.05) is 41.9 Å². The summed E-state index contributed by atoms with van der Waals surface area (Å²) in [5.41, 5.74) is 1.48. The zero-order valence-electron chi connectivity index (χ0n) is 17.5. The summed E-state index contributed by atoms with van der Waals surface area (Å²) in [5.74, 6) is 0.655.